The number of aromatic nitrogens is 1. The number of aliphatic carboxylic acids is 1. The number of fused-ring (bicyclic) bond motifs is 1. The van der Waals surface area contributed by atoms with Gasteiger partial charge in [-0.1, -0.05) is 5.16 Å². The van der Waals surface area contributed by atoms with E-state index in [9.17, 15) is 29.4 Å². The Bertz CT molecular complexity index is 1080. The Balaban J connectivity index is 1.74. The molecule has 0 spiro atoms. The summed E-state index contributed by atoms with van der Waals surface area (Å²) in [5.74, 6) is -3.35. The third-order valence-corrected chi connectivity index (χ3v) is 6.48. The maximum atomic E-state index is 13.0. The molecule has 0 unspecified atom stereocenters. The van der Waals surface area contributed by atoms with E-state index in [-0.39, 0.29) is 33.6 Å². The monoisotopic (exact) mass is 513 g/mol. The normalized spacial score (nSPS) is 20.4. The Labute approximate surface area is 202 Å². The number of nitrogens with zero attached hydrogens (tertiary/aromatic N) is 3. The fourth-order valence-electron chi connectivity index (χ4n) is 3.14. The van der Waals surface area contributed by atoms with E-state index in [0.29, 0.717) is 0 Å². The number of β-lactam (4-membered cyclic amide) rings is 1. The third-order valence-electron chi connectivity index (χ3n) is 4.47. The molecular weight excluding hydrogens is 490 g/mol. The lowest BCUT2D eigenvalue weighted by Crippen LogP contribution is -2.71. The standard InChI is InChI=1S/C19H23N5O8S2/c1-19(2,3)32-10(26)5-31-23-11(9-7-34-18(20)21-9)14(27)22-12-15(28)24-13(17(29)30)8(4-25)6-33-16(12)24/h7,12,16,25H,4-6H2,1-3H3,(H2,20,21)(H,22,27)(H,29,30)/b23-11+/t12-,16-/m1/s1. The van der Waals surface area contributed by atoms with Crippen LogP contribution in [0.25, 0.3) is 0 Å². The number of nitrogens with two attached hydrogens (primary N) is 1. The number of carboxylic acids is 1. The van der Waals surface area contributed by atoms with Crippen molar-refractivity contribution in [2.24, 2.45) is 5.16 Å². The molecule has 1 aromatic heterocycles. The Morgan fingerprint density at radius 1 is 1.38 bits per heavy atom. The average Bonchev–Trinajstić information content (AvgIpc) is 3.18. The van der Waals surface area contributed by atoms with Crippen LogP contribution in [0.5, 0.6) is 0 Å². The summed E-state index contributed by atoms with van der Waals surface area (Å²) < 4.78 is 5.11. The summed E-state index contributed by atoms with van der Waals surface area (Å²) in [5.41, 5.74) is 4.57. The number of aliphatic hydroxyl groups excluding tert-OH is 1. The number of ether oxygens (including phenoxy) is 1. The van der Waals surface area contributed by atoms with Crippen molar-refractivity contribution in [1.82, 2.24) is 15.2 Å². The fraction of sp³-hybridized carbons (Fsp3) is 0.474. The largest absolute Gasteiger partial charge is 0.477 e. The van der Waals surface area contributed by atoms with Crippen molar-refractivity contribution >= 4 is 57.7 Å². The van der Waals surface area contributed by atoms with Gasteiger partial charge in [0.1, 0.15) is 28.4 Å². The van der Waals surface area contributed by atoms with Gasteiger partial charge in [0.05, 0.1) is 6.61 Å². The van der Waals surface area contributed by atoms with Gasteiger partial charge >= 0.3 is 11.9 Å². The molecule has 2 amide bonds. The number of esters is 1. The lowest BCUT2D eigenvalue weighted by Gasteiger charge is -2.49. The summed E-state index contributed by atoms with van der Waals surface area (Å²) >= 11 is 2.25. The lowest BCUT2D eigenvalue weighted by molar-refractivity contribution is -0.160. The number of carbonyl (C=O) groups excluding carboxylic acids is 3. The van der Waals surface area contributed by atoms with Gasteiger partial charge in [-0.15, -0.1) is 23.1 Å². The van der Waals surface area contributed by atoms with Crippen molar-refractivity contribution in [2.45, 2.75) is 37.8 Å². The Kier molecular flexibility index (Phi) is 7.48. The lowest BCUT2D eigenvalue weighted by atomic mass is 10.0. The molecule has 0 bridgehead atoms. The molecule has 184 valence electrons. The van der Waals surface area contributed by atoms with Gasteiger partial charge in [-0.3, -0.25) is 14.5 Å². The number of anilines is 1. The second kappa shape index (κ2) is 9.99. The summed E-state index contributed by atoms with van der Waals surface area (Å²) in [6, 6.07) is -1.04. The number of rotatable bonds is 8. The smallest absolute Gasteiger partial charge is 0.352 e. The number of nitrogens with one attached hydrogen (secondary N) is 1. The SMILES string of the molecule is CC(C)(C)OC(=O)CO/N=C(/C(=O)N[C@@H]1C(=O)N2C(C(=O)O)=C(CO)CS[C@H]12)c1csc(N)n1. The van der Waals surface area contributed by atoms with E-state index < -0.39 is 54.0 Å². The molecule has 2 atom stereocenters. The highest BCUT2D eigenvalue weighted by Crippen LogP contribution is 2.40. The molecule has 2 aliphatic heterocycles. The first kappa shape index (κ1) is 25.5. The average molecular weight is 514 g/mol. The molecule has 5 N–H and O–H groups in total. The molecule has 0 aliphatic carbocycles. The molecule has 3 rings (SSSR count). The summed E-state index contributed by atoms with van der Waals surface area (Å²) in [5, 5.41) is 26.0. The van der Waals surface area contributed by atoms with Gasteiger partial charge in [0.15, 0.2) is 10.8 Å². The van der Waals surface area contributed by atoms with Crippen molar-refractivity contribution in [3.63, 3.8) is 0 Å². The number of hydrogen-bond acceptors (Lipinski definition) is 12. The molecule has 34 heavy (non-hydrogen) atoms. The zero-order valence-electron chi connectivity index (χ0n) is 18.4. The van der Waals surface area contributed by atoms with E-state index in [1.165, 1.54) is 17.1 Å². The van der Waals surface area contributed by atoms with Crippen LogP contribution in [0.3, 0.4) is 0 Å². The minimum Gasteiger partial charge on any atom is -0.477 e. The van der Waals surface area contributed by atoms with Crippen LogP contribution in [-0.2, 0) is 28.8 Å². The van der Waals surface area contributed by atoms with Gasteiger partial charge in [0, 0.05) is 11.1 Å². The number of carboxylic acid groups (broad SMARTS) is 1. The molecule has 0 aromatic carbocycles. The summed E-state index contributed by atoms with van der Waals surface area (Å²) in [6.45, 7) is 3.98. The van der Waals surface area contributed by atoms with E-state index in [1.807, 2.05) is 0 Å². The second-order valence-corrected chi connectivity index (χ2v) is 10.1. The predicted molar refractivity (Wildman–Crippen MR) is 122 cm³/mol. The first-order chi connectivity index (χ1) is 15.9. The van der Waals surface area contributed by atoms with Crippen LogP contribution >= 0.6 is 23.1 Å². The predicted octanol–water partition coefficient (Wildman–Crippen LogP) is -0.481. The Hall–Kier alpha value is -3.17. The Morgan fingerprint density at radius 2 is 2.09 bits per heavy atom. The Morgan fingerprint density at radius 3 is 2.65 bits per heavy atom. The molecule has 2 aliphatic rings. The van der Waals surface area contributed by atoms with Crippen molar-refractivity contribution in [1.29, 1.82) is 0 Å². The molecule has 13 nitrogen and oxygen atoms in total. The maximum absolute atomic E-state index is 13.0. The van der Waals surface area contributed by atoms with Gasteiger partial charge in [-0.2, -0.15) is 0 Å². The van der Waals surface area contributed by atoms with E-state index in [0.717, 1.165) is 16.2 Å². The zero-order chi connectivity index (χ0) is 25.2. The van der Waals surface area contributed by atoms with E-state index >= 15 is 0 Å². The summed E-state index contributed by atoms with van der Waals surface area (Å²) in [4.78, 5) is 59.1. The van der Waals surface area contributed by atoms with E-state index in [2.05, 4.69) is 15.5 Å². The molecular formula is C19H23N5O8S2. The number of aliphatic hydroxyl groups is 1. The molecule has 15 heteroatoms. The van der Waals surface area contributed by atoms with Gasteiger partial charge < -0.3 is 30.8 Å². The molecule has 1 saturated heterocycles. The highest BCUT2D eigenvalue weighted by molar-refractivity contribution is 8.00. The van der Waals surface area contributed by atoms with Crippen molar-refractivity contribution in [3.05, 3.63) is 22.3 Å². The van der Waals surface area contributed by atoms with Crippen LogP contribution in [0, 0.1) is 0 Å². The van der Waals surface area contributed by atoms with Crippen molar-refractivity contribution < 1.29 is 39.0 Å². The van der Waals surface area contributed by atoms with Crippen LogP contribution in [0.15, 0.2) is 21.8 Å². The van der Waals surface area contributed by atoms with Crippen LogP contribution in [0.1, 0.15) is 26.5 Å². The number of amides is 2. The van der Waals surface area contributed by atoms with Crippen LogP contribution in [0.4, 0.5) is 5.13 Å². The summed E-state index contributed by atoms with van der Waals surface area (Å²) in [7, 11) is 0. The third kappa shape index (κ3) is 5.48. The quantitative estimate of drug-likeness (QED) is 0.152. The van der Waals surface area contributed by atoms with Crippen LogP contribution < -0.4 is 11.1 Å². The van der Waals surface area contributed by atoms with Gasteiger partial charge in [-0.25, -0.2) is 14.6 Å². The van der Waals surface area contributed by atoms with Crippen LogP contribution in [-0.4, -0.2) is 85.5 Å². The molecule has 3 heterocycles. The highest BCUT2D eigenvalue weighted by atomic mass is 32.2. The first-order valence-electron chi connectivity index (χ1n) is 9.87. The minimum atomic E-state index is -1.34. The van der Waals surface area contributed by atoms with E-state index in [4.69, 9.17) is 15.3 Å². The molecule has 0 radical (unpaired) electrons. The van der Waals surface area contributed by atoms with Gasteiger partial charge in [0.2, 0.25) is 6.61 Å². The van der Waals surface area contributed by atoms with Crippen LogP contribution in [0.2, 0.25) is 0 Å². The summed E-state index contributed by atoms with van der Waals surface area (Å²) in [6.07, 6.45) is 0. The molecule has 1 aromatic rings. The van der Waals surface area contributed by atoms with Gasteiger partial charge in [-0.05, 0) is 26.3 Å². The number of hydrogen-bond donors (Lipinski definition) is 4. The zero-order valence-corrected chi connectivity index (χ0v) is 20.1. The molecule has 0 saturated carbocycles. The van der Waals surface area contributed by atoms with Gasteiger partial charge in [0.25, 0.3) is 11.8 Å². The first-order valence-corrected chi connectivity index (χ1v) is 11.8. The number of oxime groups is 1. The topological polar surface area (TPSA) is 194 Å². The molecule has 1 fully saturated rings. The van der Waals surface area contributed by atoms with E-state index in [1.54, 1.807) is 20.8 Å². The number of thiazole rings is 1. The maximum Gasteiger partial charge on any atom is 0.352 e. The fourth-order valence-corrected chi connectivity index (χ4v) is 5.02. The highest BCUT2D eigenvalue weighted by Gasteiger charge is 2.54. The van der Waals surface area contributed by atoms with Crippen molar-refractivity contribution in [2.75, 3.05) is 24.7 Å². The number of thioether (sulfide) groups is 1. The second-order valence-electron chi connectivity index (χ2n) is 8.15. The number of carbonyl (C=O) groups is 4. The number of nitrogen functional groups attached to an aromatic ring is 1. The minimum absolute atomic E-state index is 0.0674. The van der Waals surface area contributed by atoms with Crippen molar-refractivity contribution in [3.8, 4) is 0 Å².